The number of hydrogen-bond acceptors (Lipinski definition) is 11. The van der Waals surface area contributed by atoms with Crippen molar-refractivity contribution in [2.24, 2.45) is 0 Å². The molecule has 4 N–H and O–H groups in total. The van der Waals surface area contributed by atoms with Gasteiger partial charge in [0.1, 0.15) is 29.4 Å². The summed E-state index contributed by atoms with van der Waals surface area (Å²) in [5.41, 5.74) is 0.893. The van der Waals surface area contributed by atoms with Gasteiger partial charge in [0.25, 0.3) is 0 Å². The minimum absolute atomic E-state index is 0.0895. The third kappa shape index (κ3) is 5.38. The second-order valence-corrected chi connectivity index (χ2v) is 10.6. The smallest absolute Gasteiger partial charge is 0.338 e. The van der Waals surface area contributed by atoms with Crippen LogP contribution in [0.4, 0.5) is 0 Å². The van der Waals surface area contributed by atoms with Crippen LogP contribution >= 0.6 is 11.6 Å². The van der Waals surface area contributed by atoms with E-state index in [1.54, 1.807) is 42.5 Å². The average molecular weight is 621 g/mol. The number of rotatable bonds is 6. The van der Waals surface area contributed by atoms with Crippen molar-refractivity contribution < 1.29 is 53.7 Å². The summed E-state index contributed by atoms with van der Waals surface area (Å²) in [6.07, 6.45) is -4.58. The van der Waals surface area contributed by atoms with Gasteiger partial charge in [0.15, 0.2) is 47.4 Å². The number of halogens is 1. The number of aliphatic hydroxyl groups excluding tert-OH is 1. The van der Waals surface area contributed by atoms with Crippen molar-refractivity contribution in [2.75, 3.05) is 13.7 Å². The van der Waals surface area contributed by atoms with E-state index in [9.17, 15) is 30.0 Å². The zero-order valence-corrected chi connectivity index (χ0v) is 23.7. The van der Waals surface area contributed by atoms with Crippen LogP contribution in [0.25, 0.3) is 0 Å². The van der Waals surface area contributed by atoms with Crippen LogP contribution in [0, 0.1) is 0 Å². The van der Waals surface area contributed by atoms with Gasteiger partial charge in [-0.25, -0.2) is 4.79 Å². The number of carbonyl (C=O) groups is 2. The van der Waals surface area contributed by atoms with Crippen LogP contribution in [0.5, 0.6) is 40.2 Å². The van der Waals surface area contributed by atoms with Crippen LogP contribution < -0.4 is 18.9 Å². The normalized spacial score (nSPS) is 20.3. The summed E-state index contributed by atoms with van der Waals surface area (Å²) in [6.45, 7) is -0.219. The molecule has 11 nitrogen and oxygen atoms in total. The number of carbonyl (C=O) groups excluding carboxylic acids is 2. The first-order chi connectivity index (χ1) is 21.1. The van der Waals surface area contributed by atoms with E-state index in [1.165, 1.54) is 31.4 Å². The van der Waals surface area contributed by atoms with Crippen LogP contribution in [0.1, 0.15) is 44.1 Å². The molecule has 0 saturated carbocycles. The van der Waals surface area contributed by atoms with Crippen LogP contribution in [-0.4, -0.2) is 58.1 Å². The first kappa shape index (κ1) is 29.0. The van der Waals surface area contributed by atoms with Crippen molar-refractivity contribution in [3.63, 3.8) is 0 Å². The topological polar surface area (TPSA) is 161 Å². The maximum absolute atomic E-state index is 12.9. The molecule has 4 atom stereocenters. The number of aliphatic hydroxyl groups is 1. The monoisotopic (exact) mass is 620 g/mol. The van der Waals surface area contributed by atoms with E-state index in [0.29, 0.717) is 16.1 Å². The highest BCUT2D eigenvalue weighted by molar-refractivity contribution is 6.30. The zero-order valence-electron chi connectivity index (χ0n) is 23.0. The van der Waals surface area contributed by atoms with Crippen molar-refractivity contribution in [3.8, 4) is 40.2 Å². The molecule has 0 aliphatic carbocycles. The minimum Gasteiger partial charge on any atom is -0.508 e. The SMILES string of the molecule is COc1cc(C2Oc3cc([C@H]4Oc5cc(O)cc(O)c5C(=O)[C@@H]4O)ccc3OC2COC(=O)c2cccc(Cl)c2)ccc1O. The van der Waals surface area contributed by atoms with E-state index in [-0.39, 0.29) is 52.2 Å². The Bertz CT molecular complexity index is 1770. The molecule has 2 unspecified atom stereocenters. The predicted molar refractivity (Wildman–Crippen MR) is 154 cm³/mol. The lowest BCUT2D eigenvalue weighted by Crippen LogP contribution is -2.38. The highest BCUT2D eigenvalue weighted by atomic mass is 35.5. The number of ketones is 1. The van der Waals surface area contributed by atoms with E-state index in [4.69, 9.17) is 35.3 Å². The number of phenolic OH excluding ortho intramolecular Hbond substituents is 3. The van der Waals surface area contributed by atoms with Gasteiger partial charge in [-0.1, -0.05) is 29.8 Å². The van der Waals surface area contributed by atoms with Gasteiger partial charge in [0, 0.05) is 22.7 Å². The molecule has 2 aliphatic heterocycles. The summed E-state index contributed by atoms with van der Waals surface area (Å²) in [6, 6.07) is 17.7. The lowest BCUT2D eigenvalue weighted by Gasteiger charge is -2.35. The van der Waals surface area contributed by atoms with E-state index < -0.39 is 41.9 Å². The molecule has 44 heavy (non-hydrogen) atoms. The van der Waals surface area contributed by atoms with E-state index in [0.717, 1.165) is 6.07 Å². The fourth-order valence-electron chi connectivity index (χ4n) is 5.12. The molecule has 12 heteroatoms. The van der Waals surface area contributed by atoms with Gasteiger partial charge < -0.3 is 44.1 Å². The third-order valence-corrected chi connectivity index (χ3v) is 7.49. The fraction of sp³-hybridized carbons (Fsp3) is 0.188. The average Bonchev–Trinajstić information content (AvgIpc) is 3.00. The second-order valence-electron chi connectivity index (χ2n) is 10.1. The molecule has 6 rings (SSSR count). The predicted octanol–water partition coefficient (Wildman–Crippen LogP) is 4.88. The number of methoxy groups -OCH3 is 1. The molecule has 4 aromatic rings. The lowest BCUT2D eigenvalue weighted by atomic mass is 9.92. The minimum atomic E-state index is -1.67. The zero-order chi connectivity index (χ0) is 31.1. The van der Waals surface area contributed by atoms with Crippen LogP contribution in [-0.2, 0) is 4.74 Å². The number of benzene rings is 4. The van der Waals surface area contributed by atoms with Gasteiger partial charge >= 0.3 is 5.97 Å². The number of Topliss-reactive ketones (excluding diaryl/α,β-unsaturated/α-hetero) is 1. The van der Waals surface area contributed by atoms with Gasteiger partial charge in [-0.2, -0.15) is 0 Å². The van der Waals surface area contributed by atoms with Crippen molar-refractivity contribution in [2.45, 2.75) is 24.4 Å². The van der Waals surface area contributed by atoms with Gasteiger partial charge in [0.05, 0.1) is 12.7 Å². The highest BCUT2D eigenvalue weighted by Crippen LogP contribution is 2.46. The Morgan fingerprint density at radius 1 is 0.841 bits per heavy atom. The van der Waals surface area contributed by atoms with Crippen molar-refractivity contribution in [1.82, 2.24) is 0 Å². The summed E-state index contributed by atoms with van der Waals surface area (Å²) in [5, 5.41) is 41.4. The van der Waals surface area contributed by atoms with Crippen LogP contribution in [0.15, 0.2) is 72.8 Å². The molecule has 0 radical (unpaired) electrons. The number of esters is 1. The molecule has 0 amide bonds. The Morgan fingerprint density at radius 3 is 2.36 bits per heavy atom. The molecule has 0 fully saturated rings. The lowest BCUT2D eigenvalue weighted by molar-refractivity contribution is -0.0259. The summed E-state index contributed by atoms with van der Waals surface area (Å²) in [5.74, 6) is -1.72. The van der Waals surface area contributed by atoms with Crippen LogP contribution in [0.3, 0.4) is 0 Å². The Balaban J connectivity index is 1.31. The maximum Gasteiger partial charge on any atom is 0.338 e. The summed E-state index contributed by atoms with van der Waals surface area (Å²) in [4.78, 5) is 25.7. The van der Waals surface area contributed by atoms with E-state index >= 15 is 0 Å². The molecule has 2 heterocycles. The number of hydrogen-bond donors (Lipinski definition) is 4. The number of fused-ring (bicyclic) bond motifs is 2. The Morgan fingerprint density at radius 2 is 1.59 bits per heavy atom. The Labute approximate surface area is 255 Å². The summed E-state index contributed by atoms with van der Waals surface area (Å²) >= 11 is 6.01. The van der Waals surface area contributed by atoms with Crippen molar-refractivity contribution >= 4 is 23.4 Å². The highest BCUT2D eigenvalue weighted by Gasteiger charge is 2.41. The molecule has 4 aromatic carbocycles. The molecular weight excluding hydrogens is 596 g/mol. The first-order valence-corrected chi connectivity index (χ1v) is 13.7. The fourth-order valence-corrected chi connectivity index (χ4v) is 5.32. The quantitative estimate of drug-likeness (QED) is 0.217. The largest absolute Gasteiger partial charge is 0.508 e. The summed E-state index contributed by atoms with van der Waals surface area (Å²) in [7, 11) is 1.40. The molecule has 0 saturated heterocycles. The van der Waals surface area contributed by atoms with Crippen molar-refractivity contribution in [1.29, 1.82) is 0 Å². The third-order valence-electron chi connectivity index (χ3n) is 7.26. The van der Waals surface area contributed by atoms with Gasteiger partial charge in [-0.15, -0.1) is 0 Å². The second kappa shape index (κ2) is 11.5. The summed E-state index contributed by atoms with van der Waals surface area (Å²) < 4.78 is 29.2. The molecule has 226 valence electrons. The molecule has 0 aromatic heterocycles. The number of phenols is 3. The Hall–Kier alpha value is -5.13. The standard InChI is InChI=1S/C32H25ClO11/c1-40-23-10-15(5-7-20(23)35)30-26(14-41-32(39)17-3-2-4-18(33)9-17)42-22-8-6-16(11-24(22)43-30)31-29(38)28(37)27-21(36)12-19(34)13-25(27)44-31/h2-13,26,29-31,34-36,38H,14H2,1H3/t26?,29-,30?,31+/m0/s1. The van der Waals surface area contributed by atoms with E-state index in [1.807, 2.05) is 0 Å². The molecule has 0 bridgehead atoms. The Kier molecular flexibility index (Phi) is 7.58. The molecular formula is C32H25ClO11. The molecule has 0 spiro atoms. The van der Waals surface area contributed by atoms with Gasteiger partial charge in [0.2, 0.25) is 5.78 Å². The number of aromatic hydroxyl groups is 3. The van der Waals surface area contributed by atoms with Gasteiger partial charge in [-0.05, 0) is 48.0 Å². The van der Waals surface area contributed by atoms with Crippen molar-refractivity contribution in [3.05, 3.63) is 100 Å². The first-order valence-electron chi connectivity index (χ1n) is 13.3. The van der Waals surface area contributed by atoms with Gasteiger partial charge in [-0.3, -0.25) is 4.79 Å². The number of ether oxygens (including phenoxy) is 5. The molecule has 2 aliphatic rings. The van der Waals surface area contributed by atoms with E-state index in [2.05, 4.69) is 0 Å². The van der Waals surface area contributed by atoms with Crippen LogP contribution in [0.2, 0.25) is 5.02 Å². The maximum atomic E-state index is 12.9.